The van der Waals surface area contributed by atoms with Crippen LogP contribution in [0.4, 0.5) is 4.39 Å². The number of hydrogen-bond acceptors (Lipinski definition) is 8. The second-order valence-electron chi connectivity index (χ2n) is 6.88. The molecule has 0 fully saturated rings. The molecule has 2 aromatic carbocycles. The van der Waals surface area contributed by atoms with Gasteiger partial charge in [-0.3, -0.25) is 9.55 Å². The summed E-state index contributed by atoms with van der Waals surface area (Å²) in [6, 6.07) is 17.3. The van der Waals surface area contributed by atoms with E-state index in [1.54, 1.807) is 31.6 Å². The summed E-state index contributed by atoms with van der Waals surface area (Å²) in [7, 11) is 1.61. The lowest BCUT2D eigenvalue weighted by atomic mass is 10.2. The van der Waals surface area contributed by atoms with Crippen LogP contribution < -0.4 is 4.74 Å². The molecule has 0 aliphatic heterocycles. The molecule has 0 spiro atoms. The van der Waals surface area contributed by atoms with Gasteiger partial charge in [0.1, 0.15) is 11.6 Å². The monoisotopic (exact) mass is 460 g/mol. The van der Waals surface area contributed by atoms with Gasteiger partial charge in [-0.1, -0.05) is 16.9 Å². The summed E-state index contributed by atoms with van der Waals surface area (Å²) in [5.74, 6) is 2.39. The van der Waals surface area contributed by atoms with Crippen molar-refractivity contribution in [2.24, 2.45) is 0 Å². The molecule has 0 radical (unpaired) electrons. The zero-order chi connectivity index (χ0) is 22.6. The molecule has 0 atom stereocenters. The molecule has 5 rings (SSSR count). The van der Waals surface area contributed by atoms with Crippen molar-refractivity contribution < 1.29 is 13.7 Å². The number of hydrogen-bond donors (Lipinski definition) is 0. The molecule has 8 nitrogen and oxygen atoms in total. The Kier molecular flexibility index (Phi) is 5.81. The summed E-state index contributed by atoms with van der Waals surface area (Å²) in [4.78, 5) is 8.53. The van der Waals surface area contributed by atoms with Crippen molar-refractivity contribution in [1.29, 1.82) is 0 Å². The quantitative estimate of drug-likeness (QED) is 0.319. The lowest BCUT2D eigenvalue weighted by Gasteiger charge is -2.09. The molecule has 0 unspecified atom stereocenters. The van der Waals surface area contributed by atoms with E-state index in [4.69, 9.17) is 9.26 Å². The Hall–Kier alpha value is -4.05. The normalized spacial score (nSPS) is 11.0. The first kappa shape index (κ1) is 20.8. The fraction of sp³-hybridized carbons (Fsp3) is 0.0870. The Morgan fingerprint density at radius 1 is 0.939 bits per heavy atom. The number of methoxy groups -OCH3 is 1. The molecule has 0 amide bonds. The molecule has 33 heavy (non-hydrogen) atoms. The number of thioether (sulfide) groups is 1. The van der Waals surface area contributed by atoms with Gasteiger partial charge in [0.05, 0.1) is 12.9 Å². The van der Waals surface area contributed by atoms with Crippen LogP contribution in [0.2, 0.25) is 0 Å². The summed E-state index contributed by atoms with van der Waals surface area (Å²) >= 11 is 1.39. The van der Waals surface area contributed by atoms with Crippen LogP contribution in [-0.4, -0.2) is 37.0 Å². The highest BCUT2D eigenvalue weighted by Crippen LogP contribution is 2.30. The smallest absolute Gasteiger partial charge is 0.237 e. The van der Waals surface area contributed by atoms with Crippen LogP contribution >= 0.6 is 11.8 Å². The average molecular weight is 460 g/mol. The van der Waals surface area contributed by atoms with E-state index in [-0.39, 0.29) is 5.82 Å². The highest BCUT2D eigenvalue weighted by Gasteiger charge is 2.18. The van der Waals surface area contributed by atoms with Gasteiger partial charge in [0.25, 0.3) is 0 Å². The van der Waals surface area contributed by atoms with E-state index in [2.05, 4.69) is 25.3 Å². The summed E-state index contributed by atoms with van der Waals surface area (Å²) < 4.78 is 26.0. The van der Waals surface area contributed by atoms with Crippen LogP contribution in [-0.2, 0) is 5.75 Å². The molecule has 0 aliphatic rings. The minimum Gasteiger partial charge on any atom is -0.497 e. The second kappa shape index (κ2) is 9.21. The van der Waals surface area contributed by atoms with Crippen molar-refractivity contribution in [3.8, 4) is 34.2 Å². The fourth-order valence-corrected chi connectivity index (χ4v) is 3.96. The van der Waals surface area contributed by atoms with E-state index in [0.717, 1.165) is 22.6 Å². The van der Waals surface area contributed by atoms with Gasteiger partial charge in [-0.25, -0.2) is 4.39 Å². The fourth-order valence-electron chi connectivity index (χ4n) is 3.17. The highest BCUT2D eigenvalue weighted by molar-refractivity contribution is 7.98. The third-order valence-electron chi connectivity index (χ3n) is 4.80. The maximum atomic E-state index is 13.5. The molecular formula is C23H17FN6O2S. The van der Waals surface area contributed by atoms with Crippen molar-refractivity contribution in [1.82, 2.24) is 29.9 Å². The van der Waals surface area contributed by atoms with E-state index in [0.29, 0.717) is 28.4 Å². The molecule has 0 aliphatic carbocycles. The van der Waals surface area contributed by atoms with Crippen molar-refractivity contribution in [2.75, 3.05) is 7.11 Å². The summed E-state index contributed by atoms with van der Waals surface area (Å²) in [5.41, 5.74) is 2.40. The molecule has 10 heteroatoms. The molecule has 3 aromatic heterocycles. The van der Waals surface area contributed by atoms with Gasteiger partial charge >= 0.3 is 0 Å². The maximum Gasteiger partial charge on any atom is 0.237 e. The first-order valence-electron chi connectivity index (χ1n) is 9.93. The molecule has 0 bridgehead atoms. The molecule has 0 saturated heterocycles. The van der Waals surface area contributed by atoms with E-state index >= 15 is 0 Å². The predicted molar refractivity (Wildman–Crippen MR) is 120 cm³/mol. The number of halogens is 1. The van der Waals surface area contributed by atoms with E-state index < -0.39 is 0 Å². The second-order valence-corrected chi connectivity index (χ2v) is 7.83. The number of aromatic nitrogens is 6. The predicted octanol–water partition coefficient (Wildman–Crippen LogP) is 4.82. The van der Waals surface area contributed by atoms with Gasteiger partial charge in [-0.15, -0.1) is 10.2 Å². The van der Waals surface area contributed by atoms with Gasteiger partial charge in [0.15, 0.2) is 11.0 Å². The van der Waals surface area contributed by atoms with Crippen LogP contribution in [0, 0.1) is 5.82 Å². The van der Waals surface area contributed by atoms with Crippen LogP contribution in [0.1, 0.15) is 5.89 Å². The van der Waals surface area contributed by atoms with Crippen molar-refractivity contribution in [2.45, 2.75) is 10.9 Å². The zero-order valence-corrected chi connectivity index (χ0v) is 18.2. The van der Waals surface area contributed by atoms with Gasteiger partial charge in [0, 0.05) is 29.2 Å². The molecule has 0 N–H and O–H groups in total. The van der Waals surface area contributed by atoms with Gasteiger partial charge < -0.3 is 9.26 Å². The van der Waals surface area contributed by atoms with E-state index in [1.807, 2.05) is 41.0 Å². The Morgan fingerprint density at radius 3 is 2.42 bits per heavy atom. The number of pyridine rings is 1. The van der Waals surface area contributed by atoms with E-state index in [1.165, 1.54) is 23.9 Å². The SMILES string of the molecule is COc1ccc(-c2noc(CSc3nnc(-c4ccncc4)n3-c3ccc(F)cc3)n2)cc1. The Bertz CT molecular complexity index is 1350. The van der Waals surface area contributed by atoms with Gasteiger partial charge in [-0.2, -0.15) is 4.98 Å². The topological polar surface area (TPSA) is 91.8 Å². The Balaban J connectivity index is 1.41. The summed E-state index contributed by atoms with van der Waals surface area (Å²) in [6.07, 6.45) is 3.37. The third-order valence-corrected chi connectivity index (χ3v) is 5.71. The van der Waals surface area contributed by atoms with Gasteiger partial charge in [0.2, 0.25) is 11.7 Å². The third kappa shape index (κ3) is 4.46. The van der Waals surface area contributed by atoms with Crippen molar-refractivity contribution >= 4 is 11.8 Å². The first-order chi connectivity index (χ1) is 16.2. The average Bonchev–Trinajstić information content (AvgIpc) is 3.51. The number of benzene rings is 2. The van der Waals surface area contributed by atoms with Crippen LogP contribution in [0.25, 0.3) is 28.5 Å². The van der Waals surface area contributed by atoms with Crippen LogP contribution in [0.15, 0.2) is 82.7 Å². The number of nitrogens with zero attached hydrogens (tertiary/aromatic N) is 6. The molecule has 5 aromatic rings. The summed E-state index contributed by atoms with van der Waals surface area (Å²) in [5, 5.41) is 13.4. The van der Waals surface area contributed by atoms with Crippen molar-refractivity contribution in [3.63, 3.8) is 0 Å². The van der Waals surface area contributed by atoms with Gasteiger partial charge in [-0.05, 0) is 60.7 Å². The van der Waals surface area contributed by atoms with Crippen LogP contribution in [0.5, 0.6) is 5.75 Å². The molecule has 0 saturated carbocycles. The lowest BCUT2D eigenvalue weighted by Crippen LogP contribution is -2.00. The molecular weight excluding hydrogens is 443 g/mol. The number of ether oxygens (including phenoxy) is 1. The zero-order valence-electron chi connectivity index (χ0n) is 17.4. The Morgan fingerprint density at radius 2 is 1.70 bits per heavy atom. The Labute approximate surface area is 192 Å². The standard InChI is InChI=1S/C23H17FN6O2S/c1-31-19-8-2-15(3-9-19)21-26-20(32-29-21)14-33-23-28-27-22(16-10-12-25-13-11-16)30(23)18-6-4-17(24)5-7-18/h2-13H,14H2,1H3. The minimum absolute atomic E-state index is 0.316. The molecule has 3 heterocycles. The highest BCUT2D eigenvalue weighted by atomic mass is 32.2. The largest absolute Gasteiger partial charge is 0.497 e. The number of rotatable bonds is 7. The van der Waals surface area contributed by atoms with Crippen LogP contribution in [0.3, 0.4) is 0 Å². The van der Waals surface area contributed by atoms with Crippen molar-refractivity contribution in [3.05, 3.63) is 84.8 Å². The molecule has 164 valence electrons. The first-order valence-corrected chi connectivity index (χ1v) is 10.9. The lowest BCUT2D eigenvalue weighted by molar-refractivity contribution is 0.391. The van der Waals surface area contributed by atoms with E-state index in [9.17, 15) is 4.39 Å². The maximum absolute atomic E-state index is 13.5. The summed E-state index contributed by atoms with van der Waals surface area (Å²) in [6.45, 7) is 0. The minimum atomic E-state index is -0.316.